The average Bonchev–Trinajstić information content (AvgIpc) is 3.54. The van der Waals surface area contributed by atoms with E-state index in [0.717, 1.165) is 63.7 Å². The number of β-amino-alcohol motifs (C(OH)–C–C–N with tert-alkyl or cyclic N) is 1. The van der Waals surface area contributed by atoms with Crippen molar-refractivity contribution in [3.05, 3.63) is 41.6 Å². The van der Waals surface area contributed by atoms with Crippen LogP contribution in [-0.4, -0.2) is 96.0 Å². The van der Waals surface area contributed by atoms with E-state index in [-0.39, 0.29) is 24.5 Å². The Labute approximate surface area is 205 Å². The van der Waals surface area contributed by atoms with E-state index < -0.39 is 0 Å². The Kier molecular flexibility index (Phi) is 7.82. The summed E-state index contributed by atoms with van der Waals surface area (Å²) in [7, 11) is 0. The van der Waals surface area contributed by atoms with E-state index in [0.29, 0.717) is 24.7 Å². The molecule has 4 heterocycles. The second-order valence-corrected chi connectivity index (χ2v) is 9.59. The van der Waals surface area contributed by atoms with Gasteiger partial charge < -0.3 is 29.2 Å². The third kappa shape index (κ3) is 6.52. The number of aliphatic hydroxyl groups excluding tert-OH is 1. The molecule has 10 nitrogen and oxygen atoms in total. The van der Waals surface area contributed by atoms with E-state index >= 15 is 0 Å². The van der Waals surface area contributed by atoms with Crippen molar-refractivity contribution in [3.8, 4) is 11.5 Å². The quantitative estimate of drug-likeness (QED) is 0.544. The van der Waals surface area contributed by atoms with Crippen molar-refractivity contribution in [1.82, 2.24) is 25.0 Å². The normalized spacial score (nSPS) is 20.1. The molecule has 1 aromatic heterocycles. The van der Waals surface area contributed by atoms with Crippen molar-refractivity contribution >= 4 is 5.91 Å². The molecule has 0 radical (unpaired) electrons. The summed E-state index contributed by atoms with van der Waals surface area (Å²) in [6, 6.07) is 5.60. The van der Waals surface area contributed by atoms with Crippen molar-refractivity contribution in [3.63, 3.8) is 0 Å². The third-order valence-corrected chi connectivity index (χ3v) is 6.88. The fourth-order valence-corrected chi connectivity index (χ4v) is 4.93. The summed E-state index contributed by atoms with van der Waals surface area (Å²) in [4.78, 5) is 23.9. The molecule has 0 saturated carbocycles. The first-order valence-corrected chi connectivity index (χ1v) is 12.6. The number of amides is 1. The number of hydrogen-bond donors (Lipinski definition) is 2. The number of ether oxygens (including phenoxy) is 2. The molecule has 1 unspecified atom stereocenters. The summed E-state index contributed by atoms with van der Waals surface area (Å²) in [5.41, 5.74) is 1.20. The van der Waals surface area contributed by atoms with Gasteiger partial charge in [0.25, 0.3) is 5.91 Å². The number of carbonyl (C=O) groups excluding carboxylic acids is 1. The molecule has 2 saturated heterocycles. The lowest BCUT2D eigenvalue weighted by atomic mass is 10.1. The number of nitrogens with zero attached hydrogens (tertiary/aromatic N) is 4. The van der Waals surface area contributed by atoms with E-state index in [1.54, 1.807) is 0 Å². The number of aliphatic hydroxyl groups is 1. The zero-order valence-corrected chi connectivity index (χ0v) is 20.2. The van der Waals surface area contributed by atoms with Gasteiger partial charge in [-0.15, -0.1) is 0 Å². The van der Waals surface area contributed by atoms with E-state index in [4.69, 9.17) is 13.9 Å². The molecule has 1 amide bonds. The predicted octanol–water partition coefficient (Wildman–Crippen LogP) is 1.30. The van der Waals surface area contributed by atoms with Gasteiger partial charge in [0, 0.05) is 45.8 Å². The second-order valence-electron chi connectivity index (χ2n) is 9.59. The van der Waals surface area contributed by atoms with Gasteiger partial charge in [-0.1, -0.05) is 12.5 Å². The van der Waals surface area contributed by atoms with Crippen molar-refractivity contribution in [2.75, 3.05) is 59.2 Å². The van der Waals surface area contributed by atoms with Gasteiger partial charge >= 0.3 is 0 Å². The van der Waals surface area contributed by atoms with Gasteiger partial charge in [-0.25, -0.2) is 4.98 Å². The number of aromatic nitrogens is 1. The highest BCUT2D eigenvalue weighted by Gasteiger charge is 2.23. The number of rotatable bonds is 9. The standard InChI is InChI=1S/C25H35N5O5/c31-20(14-28-6-2-1-3-7-28)15-29-8-10-30(11-9-29)16-24-27-21(17-33-24)25(32)26-13-19-4-5-22-23(12-19)35-18-34-22/h4-5,12,17,20,31H,1-3,6-11,13-16,18H2,(H,26,32). The number of nitrogens with one attached hydrogen (secondary N) is 1. The Balaban J connectivity index is 1.02. The highest BCUT2D eigenvalue weighted by atomic mass is 16.7. The molecule has 35 heavy (non-hydrogen) atoms. The fraction of sp³-hybridized carbons (Fsp3) is 0.600. The van der Waals surface area contributed by atoms with Crippen LogP contribution in [0, 0.1) is 0 Å². The number of oxazole rings is 1. The van der Waals surface area contributed by atoms with E-state index in [1.165, 1.54) is 25.5 Å². The minimum absolute atomic E-state index is 0.225. The summed E-state index contributed by atoms with van der Waals surface area (Å²) < 4.78 is 16.3. The SMILES string of the molecule is O=C(NCc1ccc2c(c1)OCO2)c1coc(CN2CCN(CC(O)CN3CCCCC3)CC2)n1. The molecule has 2 aromatic rings. The molecule has 1 aromatic carbocycles. The first-order valence-electron chi connectivity index (χ1n) is 12.6. The molecule has 3 aliphatic heterocycles. The van der Waals surface area contributed by atoms with Crippen LogP contribution in [0.5, 0.6) is 11.5 Å². The molecule has 2 fully saturated rings. The van der Waals surface area contributed by atoms with Crippen molar-refractivity contribution in [2.24, 2.45) is 0 Å². The lowest BCUT2D eigenvalue weighted by molar-refractivity contribution is 0.0434. The zero-order chi connectivity index (χ0) is 24.0. The number of hydrogen-bond acceptors (Lipinski definition) is 9. The molecule has 1 atom stereocenters. The Hall–Kier alpha value is -2.66. The van der Waals surface area contributed by atoms with E-state index in [1.807, 2.05) is 18.2 Å². The third-order valence-electron chi connectivity index (χ3n) is 6.88. The maximum atomic E-state index is 12.5. The molecule has 2 N–H and O–H groups in total. The van der Waals surface area contributed by atoms with Crippen LogP contribution in [0.4, 0.5) is 0 Å². The zero-order valence-electron chi connectivity index (χ0n) is 20.2. The Bertz CT molecular complexity index is 984. The first-order chi connectivity index (χ1) is 17.1. The number of piperazine rings is 1. The molecular weight excluding hydrogens is 450 g/mol. The Morgan fingerprint density at radius 2 is 1.69 bits per heavy atom. The summed E-state index contributed by atoms with van der Waals surface area (Å²) in [6.07, 6.45) is 4.92. The Morgan fingerprint density at radius 3 is 2.49 bits per heavy atom. The second kappa shape index (κ2) is 11.4. The van der Waals surface area contributed by atoms with Crippen LogP contribution in [0.2, 0.25) is 0 Å². The van der Waals surface area contributed by atoms with Crippen molar-refractivity contribution in [2.45, 2.75) is 38.5 Å². The topological polar surface area (TPSA) is 104 Å². The molecule has 10 heteroatoms. The molecular formula is C25H35N5O5. The van der Waals surface area contributed by atoms with Crippen LogP contribution >= 0.6 is 0 Å². The monoisotopic (exact) mass is 485 g/mol. The van der Waals surface area contributed by atoms with Crippen LogP contribution < -0.4 is 14.8 Å². The maximum Gasteiger partial charge on any atom is 0.273 e. The molecule has 0 bridgehead atoms. The van der Waals surface area contributed by atoms with Crippen molar-refractivity contribution in [1.29, 1.82) is 0 Å². The fourth-order valence-electron chi connectivity index (χ4n) is 4.93. The van der Waals surface area contributed by atoms with E-state index in [9.17, 15) is 9.90 Å². The van der Waals surface area contributed by atoms with Crippen LogP contribution in [0.25, 0.3) is 0 Å². The van der Waals surface area contributed by atoms with Crippen LogP contribution in [0.15, 0.2) is 28.9 Å². The lowest BCUT2D eigenvalue weighted by Gasteiger charge is -2.36. The number of piperidine rings is 1. The molecule has 3 aliphatic rings. The van der Waals surface area contributed by atoms with Gasteiger partial charge in [0.2, 0.25) is 12.7 Å². The predicted molar refractivity (Wildman–Crippen MR) is 128 cm³/mol. The van der Waals surface area contributed by atoms with Crippen molar-refractivity contribution < 1.29 is 23.8 Å². The molecule has 5 rings (SSSR count). The Morgan fingerprint density at radius 1 is 0.971 bits per heavy atom. The van der Waals surface area contributed by atoms with E-state index in [2.05, 4.69) is 25.0 Å². The number of benzene rings is 1. The molecule has 0 spiro atoms. The molecule has 0 aliphatic carbocycles. The van der Waals surface area contributed by atoms with Crippen LogP contribution in [0.1, 0.15) is 41.2 Å². The summed E-state index contributed by atoms with van der Waals surface area (Å²) >= 11 is 0. The summed E-state index contributed by atoms with van der Waals surface area (Å²) in [5.74, 6) is 1.68. The highest BCUT2D eigenvalue weighted by molar-refractivity contribution is 5.91. The largest absolute Gasteiger partial charge is 0.454 e. The summed E-state index contributed by atoms with van der Waals surface area (Å²) in [6.45, 7) is 8.44. The number of carbonyl (C=O) groups is 1. The van der Waals surface area contributed by atoms with Gasteiger partial charge in [-0.3, -0.25) is 14.6 Å². The highest BCUT2D eigenvalue weighted by Crippen LogP contribution is 2.32. The maximum absolute atomic E-state index is 12.5. The average molecular weight is 486 g/mol. The summed E-state index contributed by atoms with van der Waals surface area (Å²) in [5, 5.41) is 13.4. The van der Waals surface area contributed by atoms with Gasteiger partial charge in [0.05, 0.1) is 12.6 Å². The van der Waals surface area contributed by atoms with Crippen LogP contribution in [-0.2, 0) is 13.1 Å². The smallest absolute Gasteiger partial charge is 0.273 e. The van der Waals surface area contributed by atoms with Gasteiger partial charge in [0.1, 0.15) is 6.26 Å². The van der Waals surface area contributed by atoms with Gasteiger partial charge in [-0.05, 0) is 43.6 Å². The van der Waals surface area contributed by atoms with Gasteiger partial charge in [-0.2, -0.15) is 0 Å². The number of fused-ring (bicyclic) bond motifs is 1. The number of likely N-dealkylation sites (tertiary alicyclic amines) is 1. The lowest BCUT2D eigenvalue weighted by Crippen LogP contribution is -2.50. The minimum Gasteiger partial charge on any atom is -0.454 e. The van der Waals surface area contributed by atoms with Crippen LogP contribution in [0.3, 0.4) is 0 Å². The first kappa shape index (κ1) is 24.1. The van der Waals surface area contributed by atoms with Gasteiger partial charge in [0.15, 0.2) is 17.2 Å². The molecule has 190 valence electrons. The minimum atomic E-state index is -0.301.